The molecule has 2 aromatic carbocycles. The minimum atomic E-state index is 0.247. The Morgan fingerprint density at radius 1 is 1.19 bits per heavy atom. The SMILES string of the molecule is CCCCN(Cc1ccccc1Cl)c1nnc(-c2cc(C)c(OCC3CO3)c(C)c2)s1. The van der Waals surface area contributed by atoms with Crippen LogP contribution < -0.4 is 9.64 Å². The summed E-state index contributed by atoms with van der Waals surface area (Å²) in [6.07, 6.45) is 2.46. The summed E-state index contributed by atoms with van der Waals surface area (Å²) in [6.45, 7) is 9.40. The number of epoxide rings is 1. The number of benzene rings is 2. The molecule has 31 heavy (non-hydrogen) atoms. The molecule has 1 atom stereocenters. The fraction of sp³-hybridized carbons (Fsp3) is 0.417. The first kappa shape index (κ1) is 22.1. The second-order valence-corrected chi connectivity index (χ2v) is 9.32. The Hall–Kier alpha value is -2.15. The molecule has 5 nitrogen and oxygen atoms in total. The van der Waals surface area contributed by atoms with Gasteiger partial charge in [0.25, 0.3) is 0 Å². The van der Waals surface area contributed by atoms with Gasteiger partial charge in [0.1, 0.15) is 23.5 Å². The van der Waals surface area contributed by atoms with Crippen LogP contribution in [0.3, 0.4) is 0 Å². The van der Waals surface area contributed by atoms with Crippen molar-refractivity contribution < 1.29 is 9.47 Å². The molecule has 2 heterocycles. The molecule has 164 valence electrons. The molecule has 0 radical (unpaired) electrons. The molecule has 1 fully saturated rings. The van der Waals surface area contributed by atoms with Crippen molar-refractivity contribution in [3.05, 3.63) is 58.1 Å². The van der Waals surface area contributed by atoms with E-state index in [-0.39, 0.29) is 6.10 Å². The van der Waals surface area contributed by atoms with Gasteiger partial charge < -0.3 is 14.4 Å². The molecule has 1 aliphatic rings. The predicted molar refractivity (Wildman–Crippen MR) is 127 cm³/mol. The van der Waals surface area contributed by atoms with Crippen molar-refractivity contribution in [3.63, 3.8) is 0 Å². The molecule has 0 spiro atoms. The molecule has 0 bridgehead atoms. The zero-order valence-corrected chi connectivity index (χ0v) is 19.8. The van der Waals surface area contributed by atoms with Crippen molar-refractivity contribution in [3.8, 4) is 16.3 Å². The predicted octanol–water partition coefficient (Wildman–Crippen LogP) is 6.06. The minimum absolute atomic E-state index is 0.247. The first-order valence-electron chi connectivity index (χ1n) is 10.7. The number of unbranched alkanes of at least 4 members (excludes halogenated alkanes) is 1. The number of hydrogen-bond donors (Lipinski definition) is 0. The number of aromatic nitrogens is 2. The third-order valence-electron chi connectivity index (χ3n) is 5.31. The van der Waals surface area contributed by atoms with E-state index in [9.17, 15) is 0 Å². The molecule has 4 rings (SSSR count). The second-order valence-electron chi connectivity index (χ2n) is 7.96. The van der Waals surface area contributed by atoms with Crippen LogP contribution in [0.1, 0.15) is 36.5 Å². The Balaban J connectivity index is 1.55. The second kappa shape index (κ2) is 9.98. The van der Waals surface area contributed by atoms with Gasteiger partial charge in [0.05, 0.1) is 6.61 Å². The van der Waals surface area contributed by atoms with Crippen molar-refractivity contribution >= 4 is 28.1 Å². The Morgan fingerprint density at radius 2 is 1.94 bits per heavy atom. The summed E-state index contributed by atoms with van der Waals surface area (Å²) in [5, 5.41) is 11.7. The standard InChI is InChI=1S/C24H28ClN3O2S/c1-4-5-10-28(13-18-8-6-7-9-21(18)25)24-27-26-23(31-24)19-11-16(2)22(17(3)12-19)30-15-20-14-29-20/h6-9,11-12,20H,4-5,10,13-15H2,1-3H3. The minimum Gasteiger partial charge on any atom is -0.490 e. The van der Waals surface area contributed by atoms with Crippen LogP contribution in [0.4, 0.5) is 5.13 Å². The summed E-state index contributed by atoms with van der Waals surface area (Å²) in [6, 6.07) is 12.2. The quantitative estimate of drug-likeness (QED) is 0.346. The number of ether oxygens (including phenoxy) is 2. The van der Waals surface area contributed by atoms with E-state index in [2.05, 4.69) is 54.1 Å². The fourth-order valence-corrected chi connectivity index (χ4v) is 4.58. The molecule has 1 aliphatic heterocycles. The number of rotatable bonds is 10. The van der Waals surface area contributed by atoms with Crippen molar-refractivity contribution in [1.29, 1.82) is 0 Å². The highest BCUT2D eigenvalue weighted by Gasteiger charge is 2.24. The summed E-state index contributed by atoms with van der Waals surface area (Å²) >= 11 is 8.03. The van der Waals surface area contributed by atoms with Crippen LogP contribution in [0, 0.1) is 13.8 Å². The summed E-state index contributed by atoms with van der Waals surface area (Å²) in [4.78, 5) is 2.28. The average Bonchev–Trinajstić information content (AvgIpc) is 3.45. The third-order valence-corrected chi connectivity index (χ3v) is 6.71. The van der Waals surface area contributed by atoms with E-state index in [1.807, 2.05) is 18.2 Å². The van der Waals surface area contributed by atoms with Gasteiger partial charge >= 0.3 is 0 Å². The molecular formula is C24H28ClN3O2S. The highest BCUT2D eigenvalue weighted by molar-refractivity contribution is 7.18. The Bertz CT molecular complexity index is 1010. The van der Waals surface area contributed by atoms with E-state index in [1.54, 1.807) is 11.3 Å². The monoisotopic (exact) mass is 457 g/mol. The molecule has 7 heteroatoms. The highest BCUT2D eigenvalue weighted by Crippen LogP contribution is 2.35. The lowest BCUT2D eigenvalue weighted by molar-refractivity contribution is 0.260. The number of halogens is 1. The summed E-state index contributed by atoms with van der Waals surface area (Å²) in [5.74, 6) is 0.937. The van der Waals surface area contributed by atoms with Crippen molar-refractivity contribution in [2.24, 2.45) is 0 Å². The van der Waals surface area contributed by atoms with Crippen LogP contribution in [-0.2, 0) is 11.3 Å². The number of hydrogen-bond acceptors (Lipinski definition) is 6. The molecular weight excluding hydrogens is 430 g/mol. The lowest BCUT2D eigenvalue weighted by Crippen LogP contribution is -2.23. The Kier molecular flexibility index (Phi) is 7.10. The summed E-state index contributed by atoms with van der Waals surface area (Å²) in [7, 11) is 0. The van der Waals surface area contributed by atoms with E-state index in [4.69, 9.17) is 21.1 Å². The van der Waals surface area contributed by atoms with Gasteiger partial charge in [0.15, 0.2) is 0 Å². The molecule has 1 unspecified atom stereocenters. The molecule has 3 aromatic rings. The van der Waals surface area contributed by atoms with E-state index < -0.39 is 0 Å². The molecule has 0 amide bonds. The molecule has 0 N–H and O–H groups in total. The van der Waals surface area contributed by atoms with Crippen molar-refractivity contribution in [2.75, 3.05) is 24.7 Å². The fourth-order valence-electron chi connectivity index (χ4n) is 3.53. The average molecular weight is 458 g/mol. The number of anilines is 1. The van der Waals surface area contributed by atoms with Crippen molar-refractivity contribution in [2.45, 2.75) is 46.3 Å². The van der Waals surface area contributed by atoms with Gasteiger partial charge in [-0.05, 0) is 55.2 Å². The van der Waals surface area contributed by atoms with Gasteiger partial charge in [-0.3, -0.25) is 0 Å². The molecule has 1 aromatic heterocycles. The van der Waals surface area contributed by atoms with Crippen LogP contribution in [0.5, 0.6) is 5.75 Å². The van der Waals surface area contributed by atoms with Gasteiger partial charge in [-0.25, -0.2) is 0 Å². The van der Waals surface area contributed by atoms with E-state index in [0.29, 0.717) is 6.61 Å². The van der Waals surface area contributed by atoms with Crippen LogP contribution >= 0.6 is 22.9 Å². The first-order valence-corrected chi connectivity index (χ1v) is 11.9. The number of nitrogens with zero attached hydrogens (tertiary/aromatic N) is 3. The van der Waals surface area contributed by atoms with Crippen LogP contribution in [0.15, 0.2) is 36.4 Å². The lowest BCUT2D eigenvalue weighted by atomic mass is 10.1. The number of aryl methyl sites for hydroxylation is 2. The smallest absolute Gasteiger partial charge is 0.208 e. The van der Waals surface area contributed by atoms with E-state index >= 15 is 0 Å². The topological polar surface area (TPSA) is 50.8 Å². The zero-order chi connectivity index (χ0) is 21.8. The van der Waals surface area contributed by atoms with Crippen LogP contribution in [0.25, 0.3) is 10.6 Å². The Morgan fingerprint density at radius 3 is 2.61 bits per heavy atom. The Labute approximate surface area is 193 Å². The lowest BCUT2D eigenvalue weighted by Gasteiger charge is -2.21. The maximum absolute atomic E-state index is 6.41. The third kappa shape index (κ3) is 5.56. The van der Waals surface area contributed by atoms with Gasteiger partial charge in [0, 0.05) is 23.7 Å². The van der Waals surface area contributed by atoms with Crippen LogP contribution in [0.2, 0.25) is 5.02 Å². The maximum atomic E-state index is 6.41. The zero-order valence-electron chi connectivity index (χ0n) is 18.2. The normalized spacial score (nSPS) is 15.2. The van der Waals surface area contributed by atoms with Gasteiger partial charge in [-0.1, -0.05) is 54.5 Å². The molecule has 1 saturated heterocycles. The van der Waals surface area contributed by atoms with Gasteiger partial charge in [-0.2, -0.15) is 0 Å². The van der Waals surface area contributed by atoms with Gasteiger partial charge in [0.2, 0.25) is 5.13 Å². The largest absolute Gasteiger partial charge is 0.490 e. The summed E-state index contributed by atoms with van der Waals surface area (Å²) in [5.41, 5.74) is 4.38. The molecule has 0 saturated carbocycles. The van der Waals surface area contributed by atoms with Crippen molar-refractivity contribution in [1.82, 2.24) is 10.2 Å². The van der Waals surface area contributed by atoms with Gasteiger partial charge in [-0.15, -0.1) is 10.2 Å². The first-order chi connectivity index (χ1) is 15.0. The highest BCUT2D eigenvalue weighted by atomic mass is 35.5. The molecule has 0 aliphatic carbocycles. The van der Waals surface area contributed by atoms with Crippen LogP contribution in [-0.4, -0.2) is 36.1 Å². The summed E-state index contributed by atoms with van der Waals surface area (Å²) < 4.78 is 11.2. The van der Waals surface area contributed by atoms with E-state index in [1.165, 1.54) is 0 Å². The maximum Gasteiger partial charge on any atom is 0.208 e. The van der Waals surface area contributed by atoms with E-state index in [0.717, 1.165) is 75.7 Å².